The van der Waals surface area contributed by atoms with Gasteiger partial charge in [0, 0.05) is 36.9 Å². The van der Waals surface area contributed by atoms with Crippen LogP contribution in [-0.2, 0) is 9.53 Å². The summed E-state index contributed by atoms with van der Waals surface area (Å²) >= 11 is 5.87. The van der Waals surface area contributed by atoms with E-state index in [9.17, 15) is 19.7 Å². The highest BCUT2D eigenvalue weighted by Crippen LogP contribution is 2.25. The Morgan fingerprint density at radius 2 is 1.93 bits per heavy atom. The molecule has 0 aliphatic carbocycles. The zero-order chi connectivity index (χ0) is 20.1. The number of non-ortho nitro benzene ring substituents is 1. The Morgan fingerprint density at radius 1 is 1.22 bits per heavy atom. The Bertz CT molecular complexity index is 899. The van der Waals surface area contributed by atoms with Crippen LogP contribution in [0.15, 0.2) is 36.4 Å². The molecule has 0 saturated heterocycles. The maximum Gasteiger partial charge on any atom is 0.341 e. The van der Waals surface area contributed by atoms with Gasteiger partial charge in [-0.25, -0.2) is 4.79 Å². The summed E-state index contributed by atoms with van der Waals surface area (Å²) in [7, 11) is 3.38. The minimum atomic E-state index is -0.828. The third kappa shape index (κ3) is 5.18. The molecule has 0 atom stereocenters. The fourth-order valence-electron chi connectivity index (χ4n) is 2.35. The predicted octanol–water partition coefficient (Wildman–Crippen LogP) is 3.42. The van der Waals surface area contributed by atoms with Crippen molar-refractivity contribution in [3.63, 3.8) is 0 Å². The van der Waals surface area contributed by atoms with Gasteiger partial charge in [-0.05, 0) is 36.8 Å². The lowest BCUT2D eigenvalue weighted by atomic mass is 10.1. The van der Waals surface area contributed by atoms with E-state index >= 15 is 0 Å². The van der Waals surface area contributed by atoms with E-state index in [1.807, 2.05) is 0 Å². The van der Waals surface area contributed by atoms with Crippen molar-refractivity contribution in [2.75, 3.05) is 30.9 Å². The second-order valence-corrected chi connectivity index (χ2v) is 6.37. The van der Waals surface area contributed by atoms with E-state index in [2.05, 4.69) is 5.32 Å². The molecule has 27 heavy (non-hydrogen) atoms. The maximum absolute atomic E-state index is 12.3. The molecule has 0 saturated carbocycles. The molecule has 0 spiro atoms. The average Bonchev–Trinajstić information content (AvgIpc) is 2.61. The summed E-state index contributed by atoms with van der Waals surface area (Å²) in [5.41, 5.74) is 1.51. The lowest BCUT2D eigenvalue weighted by molar-refractivity contribution is -0.384. The summed E-state index contributed by atoms with van der Waals surface area (Å²) in [5.74, 6) is -1.36. The minimum Gasteiger partial charge on any atom is -0.452 e. The molecular formula is C18H18ClN3O5. The monoisotopic (exact) mass is 391 g/mol. The van der Waals surface area contributed by atoms with Gasteiger partial charge in [-0.2, -0.15) is 0 Å². The van der Waals surface area contributed by atoms with Crippen molar-refractivity contribution >= 4 is 40.5 Å². The zero-order valence-electron chi connectivity index (χ0n) is 15.0. The number of ether oxygens (including phenoxy) is 1. The predicted molar refractivity (Wildman–Crippen MR) is 103 cm³/mol. The average molecular weight is 392 g/mol. The number of carbonyl (C=O) groups is 2. The molecule has 1 amide bonds. The summed E-state index contributed by atoms with van der Waals surface area (Å²) < 4.78 is 5.02. The molecule has 0 fully saturated rings. The van der Waals surface area contributed by atoms with E-state index in [0.717, 1.165) is 11.6 Å². The molecule has 9 heteroatoms. The number of hydrogen-bond donors (Lipinski definition) is 1. The molecule has 0 aromatic heterocycles. The SMILES string of the molecule is Cc1cc(Cl)ccc1NC(=O)COC(=O)c1cc([N+](=O)[O-])ccc1N(C)C. The topological polar surface area (TPSA) is 102 Å². The fraction of sp³-hybridized carbons (Fsp3) is 0.222. The van der Waals surface area contributed by atoms with Crippen molar-refractivity contribution in [2.24, 2.45) is 0 Å². The van der Waals surface area contributed by atoms with Gasteiger partial charge in [-0.1, -0.05) is 11.6 Å². The van der Waals surface area contributed by atoms with Crippen LogP contribution in [0.5, 0.6) is 0 Å². The van der Waals surface area contributed by atoms with Crippen LogP contribution in [0, 0.1) is 17.0 Å². The Balaban J connectivity index is 2.09. The van der Waals surface area contributed by atoms with Crippen molar-refractivity contribution < 1.29 is 19.2 Å². The number of rotatable bonds is 6. The number of aryl methyl sites for hydroxylation is 1. The van der Waals surface area contributed by atoms with Crippen molar-refractivity contribution in [2.45, 2.75) is 6.92 Å². The smallest absolute Gasteiger partial charge is 0.341 e. The number of nitro groups is 1. The van der Waals surface area contributed by atoms with Crippen LogP contribution >= 0.6 is 11.6 Å². The van der Waals surface area contributed by atoms with Crippen LogP contribution in [0.1, 0.15) is 15.9 Å². The molecule has 0 radical (unpaired) electrons. The molecule has 8 nitrogen and oxygen atoms in total. The summed E-state index contributed by atoms with van der Waals surface area (Å²) in [4.78, 5) is 36.3. The third-order valence-electron chi connectivity index (χ3n) is 3.69. The van der Waals surface area contributed by atoms with Gasteiger partial charge in [-0.15, -0.1) is 0 Å². The molecular weight excluding hydrogens is 374 g/mol. The molecule has 142 valence electrons. The maximum atomic E-state index is 12.3. The quantitative estimate of drug-likeness (QED) is 0.460. The van der Waals surface area contributed by atoms with E-state index < -0.39 is 23.4 Å². The van der Waals surface area contributed by atoms with E-state index in [1.54, 1.807) is 44.1 Å². The van der Waals surface area contributed by atoms with Crippen molar-refractivity contribution in [1.29, 1.82) is 0 Å². The van der Waals surface area contributed by atoms with Crippen LogP contribution in [0.25, 0.3) is 0 Å². The minimum absolute atomic E-state index is 0.00433. The highest BCUT2D eigenvalue weighted by Gasteiger charge is 2.20. The molecule has 2 rings (SSSR count). The largest absolute Gasteiger partial charge is 0.452 e. The van der Waals surface area contributed by atoms with Crippen LogP contribution in [0.4, 0.5) is 17.1 Å². The number of carbonyl (C=O) groups excluding carboxylic acids is 2. The fourth-order valence-corrected chi connectivity index (χ4v) is 2.58. The first-order valence-corrected chi connectivity index (χ1v) is 8.25. The lowest BCUT2D eigenvalue weighted by Crippen LogP contribution is -2.22. The molecule has 0 aliphatic heterocycles. The Kier molecular flexibility index (Phi) is 6.36. The van der Waals surface area contributed by atoms with Gasteiger partial charge in [0.2, 0.25) is 0 Å². The van der Waals surface area contributed by atoms with Gasteiger partial charge in [-0.3, -0.25) is 14.9 Å². The van der Waals surface area contributed by atoms with Gasteiger partial charge in [0.15, 0.2) is 6.61 Å². The molecule has 2 aromatic rings. The Labute approximate surface area is 160 Å². The van der Waals surface area contributed by atoms with Crippen LogP contribution in [0.3, 0.4) is 0 Å². The van der Waals surface area contributed by atoms with Crippen LogP contribution in [-0.4, -0.2) is 37.5 Å². The molecule has 0 heterocycles. The molecule has 0 aliphatic rings. The summed E-state index contributed by atoms with van der Waals surface area (Å²) in [6, 6.07) is 8.83. The van der Waals surface area contributed by atoms with Gasteiger partial charge < -0.3 is 15.0 Å². The van der Waals surface area contributed by atoms with Crippen molar-refractivity contribution in [3.05, 3.63) is 62.7 Å². The number of benzene rings is 2. The molecule has 2 aromatic carbocycles. The van der Waals surface area contributed by atoms with Gasteiger partial charge in [0.1, 0.15) is 0 Å². The van der Waals surface area contributed by atoms with E-state index in [1.165, 1.54) is 12.1 Å². The number of halogens is 1. The first-order valence-electron chi connectivity index (χ1n) is 7.88. The van der Waals surface area contributed by atoms with Crippen molar-refractivity contribution in [1.82, 2.24) is 0 Å². The first-order chi connectivity index (χ1) is 12.7. The Morgan fingerprint density at radius 3 is 2.52 bits per heavy atom. The van der Waals surface area contributed by atoms with Gasteiger partial charge in [0.25, 0.3) is 11.6 Å². The number of nitrogens with zero attached hydrogens (tertiary/aromatic N) is 2. The van der Waals surface area contributed by atoms with E-state index in [0.29, 0.717) is 16.4 Å². The van der Waals surface area contributed by atoms with Gasteiger partial charge in [0.05, 0.1) is 16.2 Å². The number of nitrogens with one attached hydrogen (secondary N) is 1. The van der Waals surface area contributed by atoms with Crippen molar-refractivity contribution in [3.8, 4) is 0 Å². The summed E-state index contributed by atoms with van der Waals surface area (Å²) in [6.07, 6.45) is 0. The second-order valence-electron chi connectivity index (χ2n) is 5.94. The molecule has 1 N–H and O–H groups in total. The molecule has 0 bridgehead atoms. The van der Waals surface area contributed by atoms with Crippen LogP contribution in [0.2, 0.25) is 5.02 Å². The highest BCUT2D eigenvalue weighted by molar-refractivity contribution is 6.30. The van der Waals surface area contributed by atoms with Gasteiger partial charge >= 0.3 is 5.97 Å². The summed E-state index contributed by atoms with van der Waals surface area (Å²) in [6.45, 7) is 1.25. The number of nitro benzene ring substituents is 1. The Hall–Kier alpha value is -3.13. The normalized spacial score (nSPS) is 10.2. The lowest BCUT2D eigenvalue weighted by Gasteiger charge is -2.16. The third-order valence-corrected chi connectivity index (χ3v) is 3.92. The highest BCUT2D eigenvalue weighted by atomic mass is 35.5. The zero-order valence-corrected chi connectivity index (χ0v) is 15.7. The molecule has 0 unspecified atom stereocenters. The number of esters is 1. The van der Waals surface area contributed by atoms with E-state index in [4.69, 9.17) is 16.3 Å². The number of hydrogen-bond acceptors (Lipinski definition) is 6. The standard InChI is InChI=1S/C18H18ClN3O5/c1-11-8-12(19)4-6-15(11)20-17(23)10-27-18(24)14-9-13(22(25)26)5-7-16(14)21(2)3/h4-9H,10H2,1-3H3,(H,20,23). The number of amides is 1. The summed E-state index contributed by atoms with van der Waals surface area (Å²) in [5, 5.41) is 14.1. The first kappa shape index (κ1) is 20.2. The second kappa shape index (κ2) is 8.50. The van der Waals surface area contributed by atoms with E-state index in [-0.39, 0.29) is 11.3 Å². The van der Waals surface area contributed by atoms with Crippen LogP contribution < -0.4 is 10.2 Å². The number of anilines is 2.